The molecule has 0 radical (unpaired) electrons. The number of aromatic amines is 1. The molecule has 1 atom stereocenters. The van der Waals surface area contributed by atoms with Gasteiger partial charge in [-0.2, -0.15) is 0 Å². The Kier molecular flexibility index (Phi) is 4.58. The highest BCUT2D eigenvalue weighted by atomic mass is 19.1. The number of rotatable bonds is 5. The van der Waals surface area contributed by atoms with Crippen molar-refractivity contribution in [1.29, 1.82) is 0 Å². The van der Waals surface area contributed by atoms with Gasteiger partial charge in [-0.1, -0.05) is 5.16 Å². The fraction of sp³-hybridized carbons (Fsp3) is 0.250. The molecule has 7 heteroatoms. The maximum atomic E-state index is 13.8. The number of hydrogen-bond acceptors (Lipinski definition) is 4. The van der Waals surface area contributed by atoms with E-state index >= 15 is 0 Å². The summed E-state index contributed by atoms with van der Waals surface area (Å²) < 4.78 is 13.8. The molecule has 1 aliphatic rings. The van der Waals surface area contributed by atoms with E-state index in [1.165, 1.54) is 12.1 Å². The van der Waals surface area contributed by atoms with Gasteiger partial charge in [-0.25, -0.2) is 4.39 Å². The van der Waals surface area contributed by atoms with E-state index in [-0.39, 0.29) is 24.2 Å². The molecule has 27 heavy (non-hydrogen) atoms. The highest BCUT2D eigenvalue weighted by Crippen LogP contribution is 2.31. The highest BCUT2D eigenvalue weighted by molar-refractivity contribution is 5.95. The molecule has 0 spiro atoms. The van der Waals surface area contributed by atoms with Gasteiger partial charge in [0.1, 0.15) is 11.9 Å². The monoisotopic (exact) mass is 366 g/mol. The summed E-state index contributed by atoms with van der Waals surface area (Å²) in [6.07, 6.45) is 4.10. The minimum absolute atomic E-state index is 0.125. The lowest BCUT2D eigenvalue weighted by Crippen LogP contribution is -2.33. The number of nitrogens with zero attached hydrogens (tertiary/aromatic N) is 2. The quantitative estimate of drug-likeness (QED) is 0.728. The summed E-state index contributed by atoms with van der Waals surface area (Å²) in [6.45, 7) is 2.28. The molecule has 0 aliphatic carbocycles. The van der Waals surface area contributed by atoms with Gasteiger partial charge in [-0.3, -0.25) is 9.78 Å². The molecule has 3 heterocycles. The van der Waals surface area contributed by atoms with Crippen LogP contribution in [-0.2, 0) is 16.1 Å². The van der Waals surface area contributed by atoms with Gasteiger partial charge >= 0.3 is 0 Å². The normalized spacial score (nSPS) is 16.2. The largest absolute Gasteiger partial charge is 0.390 e. The Labute approximate surface area is 155 Å². The Hall–Kier alpha value is -3.22. The molecule has 6 nitrogen and oxygen atoms in total. The molecule has 1 amide bonds. The van der Waals surface area contributed by atoms with Crippen molar-refractivity contribution in [2.75, 3.05) is 6.54 Å². The molecular weight excluding hydrogens is 347 g/mol. The smallest absolute Gasteiger partial charge is 0.224 e. The number of H-pyrrole nitrogens is 1. The van der Waals surface area contributed by atoms with Crippen LogP contribution in [0.5, 0.6) is 0 Å². The Bertz CT molecular complexity index is 1010. The Morgan fingerprint density at radius 2 is 2.30 bits per heavy atom. The lowest BCUT2D eigenvalue weighted by Gasteiger charge is -2.10. The highest BCUT2D eigenvalue weighted by Gasteiger charge is 2.21. The lowest BCUT2D eigenvalue weighted by atomic mass is 10.0. The number of nitrogens with one attached hydrogen (secondary N) is 2. The maximum Gasteiger partial charge on any atom is 0.224 e. The molecule has 1 unspecified atom stereocenters. The van der Waals surface area contributed by atoms with Crippen LogP contribution in [-0.4, -0.2) is 34.2 Å². The van der Waals surface area contributed by atoms with Gasteiger partial charge in [0, 0.05) is 35.3 Å². The van der Waals surface area contributed by atoms with Gasteiger partial charge in [0.25, 0.3) is 0 Å². The molecule has 3 aromatic rings. The van der Waals surface area contributed by atoms with Crippen molar-refractivity contribution in [3.05, 3.63) is 54.1 Å². The number of amides is 1. The molecule has 0 fully saturated rings. The number of oxime groups is 1. The predicted molar refractivity (Wildman–Crippen MR) is 101 cm³/mol. The van der Waals surface area contributed by atoms with E-state index in [1.807, 2.05) is 19.1 Å². The molecule has 1 aromatic carbocycles. The van der Waals surface area contributed by atoms with Crippen molar-refractivity contribution < 1.29 is 14.0 Å². The van der Waals surface area contributed by atoms with Gasteiger partial charge < -0.3 is 15.1 Å². The van der Waals surface area contributed by atoms with Gasteiger partial charge in [-0.05, 0) is 42.8 Å². The third-order valence-electron chi connectivity index (χ3n) is 4.56. The van der Waals surface area contributed by atoms with Crippen molar-refractivity contribution in [2.24, 2.45) is 5.16 Å². The van der Waals surface area contributed by atoms with Crippen molar-refractivity contribution in [3.8, 4) is 11.3 Å². The average Bonchev–Trinajstić information content (AvgIpc) is 3.24. The van der Waals surface area contributed by atoms with Crippen LogP contribution in [0.3, 0.4) is 0 Å². The Morgan fingerprint density at radius 3 is 3.04 bits per heavy atom. The van der Waals surface area contributed by atoms with Crippen LogP contribution in [0.25, 0.3) is 22.2 Å². The number of carbonyl (C=O) groups is 1. The van der Waals surface area contributed by atoms with E-state index in [9.17, 15) is 9.18 Å². The van der Waals surface area contributed by atoms with Crippen molar-refractivity contribution in [2.45, 2.75) is 25.9 Å². The number of carbonyl (C=O) groups excluding carboxylic acids is 1. The van der Waals surface area contributed by atoms with Crippen LogP contribution in [0, 0.1) is 5.82 Å². The van der Waals surface area contributed by atoms with Crippen molar-refractivity contribution in [3.63, 3.8) is 0 Å². The molecule has 0 saturated carbocycles. The van der Waals surface area contributed by atoms with Crippen LogP contribution in [0.1, 0.15) is 18.9 Å². The standard InChI is InChI=1S/C20H19FN4O2/c1-12-7-15(27-25-12)11-23-19(26)9-17-16-8-14(21)4-5-18(16)24-20(17)13-3-2-6-22-10-13/h2-6,8,10,15,24H,7,9,11H2,1H3,(H,23,26). The summed E-state index contributed by atoms with van der Waals surface area (Å²) in [4.78, 5) is 25.2. The molecule has 0 saturated heterocycles. The second kappa shape index (κ2) is 7.19. The van der Waals surface area contributed by atoms with Gasteiger partial charge in [0.05, 0.1) is 24.4 Å². The molecular formula is C20H19FN4O2. The fourth-order valence-electron chi connectivity index (χ4n) is 3.29. The van der Waals surface area contributed by atoms with E-state index < -0.39 is 0 Å². The number of halogens is 1. The third kappa shape index (κ3) is 3.67. The molecule has 2 aromatic heterocycles. The summed E-state index contributed by atoms with van der Waals surface area (Å²) in [5, 5.41) is 7.46. The van der Waals surface area contributed by atoms with Crippen molar-refractivity contribution in [1.82, 2.24) is 15.3 Å². The first-order valence-corrected chi connectivity index (χ1v) is 8.76. The summed E-state index contributed by atoms with van der Waals surface area (Å²) in [5.74, 6) is -0.494. The van der Waals surface area contributed by atoms with E-state index in [1.54, 1.807) is 18.5 Å². The predicted octanol–water partition coefficient (Wildman–Crippen LogP) is 3.19. The molecule has 0 bridgehead atoms. The van der Waals surface area contributed by atoms with E-state index in [0.29, 0.717) is 18.4 Å². The number of aromatic nitrogens is 2. The Morgan fingerprint density at radius 1 is 1.41 bits per heavy atom. The van der Waals surface area contributed by atoms with E-state index in [4.69, 9.17) is 4.84 Å². The number of benzene rings is 1. The second-order valence-electron chi connectivity index (χ2n) is 6.65. The fourth-order valence-corrected chi connectivity index (χ4v) is 3.29. The van der Waals surface area contributed by atoms with Crippen LogP contribution < -0.4 is 5.32 Å². The van der Waals surface area contributed by atoms with E-state index in [2.05, 4.69) is 20.4 Å². The van der Waals surface area contributed by atoms with Crippen LogP contribution in [0.4, 0.5) is 4.39 Å². The SMILES string of the molecule is CC1=NOC(CNC(=O)Cc2c(-c3cccnc3)[nH]c3ccc(F)cc23)C1. The molecule has 138 valence electrons. The first kappa shape index (κ1) is 17.2. The van der Waals surface area contributed by atoms with Crippen LogP contribution in [0.2, 0.25) is 0 Å². The van der Waals surface area contributed by atoms with Crippen LogP contribution in [0.15, 0.2) is 47.9 Å². The minimum Gasteiger partial charge on any atom is -0.390 e. The van der Waals surface area contributed by atoms with Gasteiger partial charge in [0.15, 0.2) is 0 Å². The summed E-state index contributed by atoms with van der Waals surface area (Å²) in [6, 6.07) is 8.26. The lowest BCUT2D eigenvalue weighted by molar-refractivity contribution is -0.121. The first-order valence-electron chi connectivity index (χ1n) is 8.76. The second-order valence-corrected chi connectivity index (χ2v) is 6.65. The third-order valence-corrected chi connectivity index (χ3v) is 4.56. The zero-order chi connectivity index (χ0) is 18.8. The summed E-state index contributed by atoms with van der Waals surface area (Å²) in [5.41, 5.74) is 4.06. The van der Waals surface area contributed by atoms with Crippen molar-refractivity contribution >= 4 is 22.5 Å². The summed E-state index contributed by atoms with van der Waals surface area (Å²) in [7, 11) is 0. The minimum atomic E-state index is -0.340. The van der Waals surface area contributed by atoms with E-state index in [0.717, 1.165) is 28.0 Å². The first-order chi connectivity index (χ1) is 13.1. The molecule has 4 rings (SSSR count). The topological polar surface area (TPSA) is 79.4 Å². The number of fused-ring (bicyclic) bond motifs is 1. The zero-order valence-corrected chi connectivity index (χ0v) is 14.8. The van der Waals surface area contributed by atoms with Gasteiger partial charge in [-0.15, -0.1) is 0 Å². The average molecular weight is 366 g/mol. The molecule has 2 N–H and O–H groups in total. The zero-order valence-electron chi connectivity index (χ0n) is 14.8. The summed E-state index contributed by atoms with van der Waals surface area (Å²) >= 11 is 0. The van der Waals surface area contributed by atoms with Gasteiger partial charge in [0.2, 0.25) is 5.91 Å². The molecule has 1 aliphatic heterocycles. The number of pyridine rings is 1. The number of hydrogen-bond donors (Lipinski definition) is 2. The maximum absolute atomic E-state index is 13.8. The van der Waals surface area contributed by atoms with Crippen LogP contribution >= 0.6 is 0 Å². The Balaban J connectivity index is 1.59.